The summed E-state index contributed by atoms with van der Waals surface area (Å²) in [6.45, 7) is 3.82. The number of amides is 1. The Hall–Kier alpha value is -1.88. The van der Waals surface area contributed by atoms with Crippen LogP contribution in [0.1, 0.15) is 11.3 Å². The number of nitrogens with zero attached hydrogens (tertiary/aromatic N) is 1. The molecular weight excluding hydrogens is 320 g/mol. The van der Waals surface area contributed by atoms with E-state index >= 15 is 0 Å². The van der Waals surface area contributed by atoms with E-state index in [-0.39, 0.29) is 12.5 Å². The largest absolute Gasteiger partial charge is 0.484 e. The number of halogens is 1. The third-order valence-corrected chi connectivity index (χ3v) is 3.52. The van der Waals surface area contributed by atoms with Gasteiger partial charge in [-0.1, -0.05) is 17.7 Å². The van der Waals surface area contributed by atoms with E-state index in [1.54, 1.807) is 6.07 Å². The standard InChI is InChI=1S/C15H15BrN2O2/c1-10-3-5-12(6-4-10)20-9-15(19)18-14-8-7-13(16)11(2)17-14/h3-8H,9H2,1-2H3,(H,17,18,19). The van der Waals surface area contributed by atoms with E-state index in [0.29, 0.717) is 11.6 Å². The Morgan fingerprint density at radius 2 is 1.90 bits per heavy atom. The van der Waals surface area contributed by atoms with Gasteiger partial charge in [-0.15, -0.1) is 0 Å². The summed E-state index contributed by atoms with van der Waals surface area (Å²) in [5.74, 6) is 0.952. The van der Waals surface area contributed by atoms with E-state index in [1.165, 1.54) is 0 Å². The van der Waals surface area contributed by atoms with E-state index in [4.69, 9.17) is 4.74 Å². The fourth-order valence-electron chi connectivity index (χ4n) is 1.58. The van der Waals surface area contributed by atoms with Crippen LogP contribution in [0.25, 0.3) is 0 Å². The number of carbonyl (C=O) groups excluding carboxylic acids is 1. The Balaban J connectivity index is 1.89. The second-order valence-electron chi connectivity index (χ2n) is 4.41. The molecule has 0 unspecified atom stereocenters. The Bertz CT molecular complexity index is 612. The molecule has 0 saturated carbocycles. The van der Waals surface area contributed by atoms with Crippen molar-refractivity contribution in [2.75, 3.05) is 11.9 Å². The molecule has 5 heteroatoms. The summed E-state index contributed by atoms with van der Waals surface area (Å²) in [7, 11) is 0. The van der Waals surface area contributed by atoms with Gasteiger partial charge in [-0.2, -0.15) is 0 Å². The normalized spacial score (nSPS) is 10.2. The molecule has 1 aromatic carbocycles. The van der Waals surface area contributed by atoms with Crippen molar-refractivity contribution in [3.05, 3.63) is 52.1 Å². The molecule has 1 heterocycles. The molecule has 0 aliphatic rings. The molecule has 0 bridgehead atoms. The first-order valence-corrected chi connectivity index (χ1v) is 6.96. The van der Waals surface area contributed by atoms with Crippen molar-refractivity contribution in [3.8, 4) is 5.75 Å². The average Bonchev–Trinajstić information content (AvgIpc) is 2.42. The molecule has 0 spiro atoms. The van der Waals surface area contributed by atoms with Crippen molar-refractivity contribution >= 4 is 27.7 Å². The highest BCUT2D eigenvalue weighted by Crippen LogP contribution is 2.16. The summed E-state index contributed by atoms with van der Waals surface area (Å²) in [4.78, 5) is 16.0. The summed E-state index contributed by atoms with van der Waals surface area (Å²) < 4.78 is 6.31. The molecule has 2 rings (SSSR count). The maximum atomic E-state index is 11.8. The van der Waals surface area contributed by atoms with Gasteiger partial charge >= 0.3 is 0 Å². The van der Waals surface area contributed by atoms with Crippen molar-refractivity contribution in [1.29, 1.82) is 0 Å². The van der Waals surface area contributed by atoms with Crippen molar-refractivity contribution in [1.82, 2.24) is 4.98 Å². The van der Waals surface area contributed by atoms with E-state index in [1.807, 2.05) is 44.2 Å². The first kappa shape index (κ1) is 14.5. The lowest BCUT2D eigenvalue weighted by Gasteiger charge is -2.08. The summed E-state index contributed by atoms with van der Waals surface area (Å²) in [6, 6.07) is 11.1. The summed E-state index contributed by atoms with van der Waals surface area (Å²) in [5, 5.41) is 2.70. The molecule has 0 saturated heterocycles. The Labute approximate surface area is 126 Å². The van der Waals surface area contributed by atoms with Crippen molar-refractivity contribution in [2.24, 2.45) is 0 Å². The van der Waals surface area contributed by atoms with Crippen LogP contribution in [0, 0.1) is 13.8 Å². The predicted octanol–water partition coefficient (Wildman–Crippen LogP) is 3.48. The van der Waals surface area contributed by atoms with E-state index < -0.39 is 0 Å². The summed E-state index contributed by atoms with van der Waals surface area (Å²) in [6.07, 6.45) is 0. The summed E-state index contributed by atoms with van der Waals surface area (Å²) in [5.41, 5.74) is 1.97. The van der Waals surface area contributed by atoms with Crippen LogP contribution in [0.3, 0.4) is 0 Å². The van der Waals surface area contributed by atoms with Gasteiger partial charge in [-0.25, -0.2) is 4.98 Å². The van der Waals surface area contributed by atoms with E-state index in [0.717, 1.165) is 15.7 Å². The SMILES string of the molecule is Cc1ccc(OCC(=O)Nc2ccc(Br)c(C)n2)cc1. The van der Waals surface area contributed by atoms with Crippen molar-refractivity contribution in [3.63, 3.8) is 0 Å². The van der Waals surface area contributed by atoms with Crippen LogP contribution in [0.15, 0.2) is 40.9 Å². The van der Waals surface area contributed by atoms with Gasteiger partial charge < -0.3 is 10.1 Å². The zero-order valence-corrected chi connectivity index (χ0v) is 12.9. The molecule has 2 aromatic rings. The molecule has 4 nitrogen and oxygen atoms in total. The first-order chi connectivity index (χ1) is 9.54. The molecule has 104 valence electrons. The Morgan fingerprint density at radius 3 is 2.55 bits per heavy atom. The van der Waals surface area contributed by atoms with Gasteiger partial charge in [0.05, 0.1) is 5.69 Å². The number of anilines is 1. The van der Waals surface area contributed by atoms with Gasteiger partial charge in [0.1, 0.15) is 11.6 Å². The predicted molar refractivity (Wildman–Crippen MR) is 82.0 cm³/mol. The number of hydrogen-bond acceptors (Lipinski definition) is 3. The molecule has 1 N–H and O–H groups in total. The lowest BCUT2D eigenvalue weighted by atomic mass is 10.2. The lowest BCUT2D eigenvalue weighted by molar-refractivity contribution is -0.118. The van der Waals surface area contributed by atoms with Gasteiger partial charge in [0.2, 0.25) is 0 Å². The zero-order chi connectivity index (χ0) is 14.5. The zero-order valence-electron chi connectivity index (χ0n) is 11.3. The molecule has 0 aliphatic carbocycles. The maximum Gasteiger partial charge on any atom is 0.263 e. The smallest absolute Gasteiger partial charge is 0.263 e. The van der Waals surface area contributed by atoms with Gasteiger partial charge in [0.25, 0.3) is 5.91 Å². The Kier molecular flexibility index (Phi) is 4.74. The van der Waals surface area contributed by atoms with Crippen LogP contribution in [-0.2, 0) is 4.79 Å². The number of rotatable bonds is 4. The molecule has 0 atom stereocenters. The van der Waals surface area contributed by atoms with Crippen LogP contribution < -0.4 is 10.1 Å². The maximum absolute atomic E-state index is 11.8. The molecule has 1 aromatic heterocycles. The first-order valence-electron chi connectivity index (χ1n) is 6.17. The van der Waals surface area contributed by atoms with Gasteiger partial charge in [-0.3, -0.25) is 4.79 Å². The van der Waals surface area contributed by atoms with Gasteiger partial charge in [0, 0.05) is 4.47 Å². The highest BCUT2D eigenvalue weighted by atomic mass is 79.9. The van der Waals surface area contributed by atoms with Crippen LogP contribution in [0.5, 0.6) is 5.75 Å². The average molecular weight is 335 g/mol. The number of hydrogen-bond donors (Lipinski definition) is 1. The number of aromatic nitrogens is 1. The third kappa shape index (κ3) is 4.06. The van der Waals surface area contributed by atoms with Crippen LogP contribution in [0.4, 0.5) is 5.82 Å². The van der Waals surface area contributed by atoms with E-state index in [9.17, 15) is 4.79 Å². The minimum absolute atomic E-state index is 0.0418. The number of pyridine rings is 1. The lowest BCUT2D eigenvalue weighted by Crippen LogP contribution is -2.20. The van der Waals surface area contributed by atoms with Crippen LogP contribution in [0.2, 0.25) is 0 Å². The fraction of sp³-hybridized carbons (Fsp3) is 0.200. The third-order valence-electron chi connectivity index (χ3n) is 2.68. The Morgan fingerprint density at radius 1 is 1.20 bits per heavy atom. The van der Waals surface area contributed by atoms with Crippen LogP contribution >= 0.6 is 15.9 Å². The van der Waals surface area contributed by atoms with Gasteiger partial charge in [-0.05, 0) is 54.0 Å². The second-order valence-corrected chi connectivity index (χ2v) is 5.27. The quantitative estimate of drug-likeness (QED) is 0.931. The van der Waals surface area contributed by atoms with Gasteiger partial charge in [0.15, 0.2) is 6.61 Å². The van der Waals surface area contributed by atoms with Crippen molar-refractivity contribution in [2.45, 2.75) is 13.8 Å². The second kappa shape index (κ2) is 6.52. The number of ether oxygens (including phenoxy) is 1. The van der Waals surface area contributed by atoms with E-state index in [2.05, 4.69) is 26.2 Å². The molecule has 0 aliphatic heterocycles. The number of aryl methyl sites for hydroxylation is 2. The highest BCUT2D eigenvalue weighted by molar-refractivity contribution is 9.10. The number of carbonyl (C=O) groups is 1. The minimum Gasteiger partial charge on any atom is -0.484 e. The monoisotopic (exact) mass is 334 g/mol. The molecular formula is C15H15BrN2O2. The fourth-order valence-corrected chi connectivity index (χ4v) is 1.80. The number of benzene rings is 1. The molecule has 0 radical (unpaired) electrons. The minimum atomic E-state index is -0.236. The summed E-state index contributed by atoms with van der Waals surface area (Å²) >= 11 is 3.36. The van der Waals surface area contributed by atoms with Crippen LogP contribution in [-0.4, -0.2) is 17.5 Å². The molecule has 20 heavy (non-hydrogen) atoms. The highest BCUT2D eigenvalue weighted by Gasteiger charge is 2.06. The number of nitrogens with one attached hydrogen (secondary N) is 1. The topological polar surface area (TPSA) is 51.2 Å². The molecule has 0 fully saturated rings. The molecule has 1 amide bonds. The van der Waals surface area contributed by atoms with Crippen molar-refractivity contribution < 1.29 is 9.53 Å².